The molecule has 104 valence electrons. The van der Waals surface area contributed by atoms with Gasteiger partial charge in [-0.3, -0.25) is 9.64 Å². The Balaban J connectivity index is 2.21. The van der Waals surface area contributed by atoms with Gasteiger partial charge in [0.15, 0.2) is 0 Å². The monoisotopic (exact) mass is 270 g/mol. The number of aromatic nitrogens is 1. The molecule has 0 spiro atoms. The van der Waals surface area contributed by atoms with Crippen molar-refractivity contribution in [1.29, 1.82) is 0 Å². The number of rotatable bonds is 1. The van der Waals surface area contributed by atoms with Gasteiger partial charge in [-0.1, -0.05) is 13.8 Å². The van der Waals surface area contributed by atoms with Crippen molar-refractivity contribution in [2.75, 3.05) is 7.11 Å². The Hall–Kier alpha value is -1.89. The Morgan fingerprint density at radius 1 is 1.45 bits per heavy atom. The van der Waals surface area contributed by atoms with Crippen LogP contribution >= 0.6 is 0 Å². The molecule has 2 bridgehead atoms. The molecule has 0 aliphatic heterocycles. The van der Waals surface area contributed by atoms with Crippen LogP contribution in [0.25, 0.3) is 4.85 Å². The molecule has 0 radical (unpaired) electrons. The third kappa shape index (κ3) is 1.53. The van der Waals surface area contributed by atoms with Gasteiger partial charge in [-0.15, -0.1) is 0 Å². The Bertz CT molecular complexity index is 619. The minimum atomic E-state index is -1.01. The van der Waals surface area contributed by atoms with Crippen LogP contribution in [-0.2, 0) is 16.8 Å². The molecule has 20 heavy (non-hydrogen) atoms. The van der Waals surface area contributed by atoms with Gasteiger partial charge in [-0.25, -0.2) is 11.6 Å². The van der Waals surface area contributed by atoms with Crippen LogP contribution in [0.3, 0.4) is 0 Å². The van der Waals surface area contributed by atoms with Gasteiger partial charge in [0.2, 0.25) is 11.7 Å². The van der Waals surface area contributed by atoms with Gasteiger partial charge in [0.1, 0.15) is 0 Å². The zero-order chi connectivity index (χ0) is 14.5. The Kier molecular flexibility index (Phi) is 2.82. The van der Waals surface area contributed by atoms with Crippen molar-refractivity contribution in [2.45, 2.75) is 32.2 Å². The molecule has 0 N–H and O–H groups in total. The van der Waals surface area contributed by atoms with E-state index in [-0.39, 0.29) is 11.7 Å². The first kappa shape index (κ1) is 13.1. The van der Waals surface area contributed by atoms with Crippen molar-refractivity contribution < 1.29 is 9.53 Å². The smallest absolute Gasteiger partial charge is 0.316 e. The van der Waals surface area contributed by atoms with Crippen molar-refractivity contribution in [3.8, 4) is 5.88 Å². The van der Waals surface area contributed by atoms with Crippen LogP contribution in [0.2, 0.25) is 0 Å². The molecule has 1 aromatic heterocycles. The summed E-state index contributed by atoms with van der Waals surface area (Å²) in [4.78, 5) is 21.0. The van der Waals surface area contributed by atoms with E-state index in [1.807, 2.05) is 6.07 Å². The lowest BCUT2D eigenvalue weighted by Crippen LogP contribution is -2.52. The molecule has 0 amide bonds. The van der Waals surface area contributed by atoms with Crippen LogP contribution in [0, 0.1) is 24.3 Å². The third-order valence-electron chi connectivity index (χ3n) is 5.10. The number of hydrogen-bond donors (Lipinski definition) is 0. The first-order valence-corrected chi connectivity index (χ1v) is 7.01. The fourth-order valence-corrected chi connectivity index (χ4v) is 3.71. The second kappa shape index (κ2) is 4.31. The molecular formula is C16H18N2O2. The molecule has 0 aromatic carbocycles. The zero-order valence-corrected chi connectivity index (χ0v) is 12.0. The molecule has 4 atom stereocenters. The lowest BCUT2D eigenvalue weighted by atomic mass is 9.58. The maximum atomic E-state index is 12.8. The van der Waals surface area contributed by atoms with Crippen molar-refractivity contribution in [3.63, 3.8) is 0 Å². The topological polar surface area (TPSA) is 43.5 Å². The number of carbonyl (C=O) groups excluding carboxylic acids is 1. The molecule has 1 fully saturated rings. The molecule has 2 aliphatic rings. The first-order chi connectivity index (χ1) is 9.53. The summed E-state index contributed by atoms with van der Waals surface area (Å²) in [5.74, 6) is 1.25. The van der Waals surface area contributed by atoms with Crippen LogP contribution in [0.5, 0.6) is 5.88 Å². The Morgan fingerprint density at radius 2 is 2.20 bits per heavy atom. The lowest BCUT2D eigenvalue weighted by molar-refractivity contribution is -0.134. The maximum Gasteiger partial charge on any atom is 0.316 e. The van der Waals surface area contributed by atoms with E-state index in [0.717, 1.165) is 11.3 Å². The number of fused-ring (bicyclic) bond motifs is 4. The third-order valence-corrected chi connectivity index (χ3v) is 5.10. The molecule has 1 aromatic rings. The van der Waals surface area contributed by atoms with E-state index in [1.54, 1.807) is 13.2 Å². The molecule has 1 heterocycles. The Labute approximate surface area is 119 Å². The van der Waals surface area contributed by atoms with E-state index >= 15 is 0 Å². The lowest BCUT2D eigenvalue weighted by Gasteiger charge is -2.42. The quantitative estimate of drug-likeness (QED) is 0.737. The van der Waals surface area contributed by atoms with Crippen LogP contribution in [0.1, 0.15) is 31.5 Å². The number of ether oxygens (including phenoxy) is 1. The summed E-state index contributed by atoms with van der Waals surface area (Å²) in [6.07, 6.45) is 1.24. The number of methoxy groups -OCH3 is 1. The van der Waals surface area contributed by atoms with Crippen molar-refractivity contribution in [1.82, 2.24) is 4.98 Å². The largest absolute Gasteiger partial charge is 0.481 e. The van der Waals surface area contributed by atoms with Crippen LogP contribution < -0.4 is 4.74 Å². The van der Waals surface area contributed by atoms with Crippen molar-refractivity contribution in [3.05, 3.63) is 34.8 Å². The number of pyridine rings is 1. The first-order valence-electron chi connectivity index (χ1n) is 7.01. The number of nitrogens with zero attached hydrogens (tertiary/aromatic N) is 2. The number of hydrogen-bond acceptors (Lipinski definition) is 3. The molecule has 4 nitrogen and oxygen atoms in total. The van der Waals surface area contributed by atoms with E-state index in [2.05, 4.69) is 23.7 Å². The summed E-state index contributed by atoms with van der Waals surface area (Å²) in [6, 6.07) is 3.61. The summed E-state index contributed by atoms with van der Waals surface area (Å²) >= 11 is 0. The van der Waals surface area contributed by atoms with Gasteiger partial charge in [-0.05, 0) is 17.9 Å². The minimum absolute atomic E-state index is 0.0834. The summed E-state index contributed by atoms with van der Waals surface area (Å²) in [5, 5.41) is 0. The predicted octanol–water partition coefficient (Wildman–Crippen LogP) is 2.62. The van der Waals surface area contributed by atoms with Gasteiger partial charge < -0.3 is 4.74 Å². The normalized spacial score (nSPS) is 35.1. The van der Waals surface area contributed by atoms with E-state index in [9.17, 15) is 4.79 Å². The summed E-state index contributed by atoms with van der Waals surface area (Å²) in [6.45, 7) is 11.9. The number of Topliss-reactive ketones (excluding diaryl/α,β-unsaturated/α-hetero) is 1. The minimum Gasteiger partial charge on any atom is -0.481 e. The van der Waals surface area contributed by atoms with Crippen molar-refractivity contribution in [2.24, 2.45) is 17.8 Å². The second-order valence-electron chi connectivity index (χ2n) is 6.04. The average Bonchev–Trinajstić information content (AvgIpc) is 2.46. The van der Waals surface area contributed by atoms with Crippen LogP contribution in [0.15, 0.2) is 12.1 Å². The summed E-state index contributed by atoms with van der Waals surface area (Å²) in [5.41, 5.74) is 0.653. The van der Waals surface area contributed by atoms with Gasteiger partial charge in [0, 0.05) is 24.8 Å². The number of carbonyl (C=O) groups is 1. The number of ketones is 1. The van der Waals surface area contributed by atoms with Gasteiger partial charge in [0.05, 0.1) is 18.4 Å². The molecule has 1 saturated carbocycles. The van der Waals surface area contributed by atoms with E-state index in [4.69, 9.17) is 11.3 Å². The molecule has 3 rings (SSSR count). The summed E-state index contributed by atoms with van der Waals surface area (Å²) in [7, 11) is 1.58. The summed E-state index contributed by atoms with van der Waals surface area (Å²) < 4.78 is 5.17. The second-order valence-corrected chi connectivity index (χ2v) is 6.04. The van der Waals surface area contributed by atoms with E-state index in [0.29, 0.717) is 30.6 Å². The fourth-order valence-electron chi connectivity index (χ4n) is 3.71. The average molecular weight is 270 g/mol. The van der Waals surface area contributed by atoms with E-state index < -0.39 is 5.54 Å². The standard InChI is InChI=1S/C16H18N2O2/c1-9-8-16(17-3)12-5-6-14(20-4)18-13(12)7-11(10(9)2)15(16)19/h5-6,9-11H,7-8H2,1-2,4H3/t9-,10-,11+,16?/m1/s1. The molecular weight excluding hydrogens is 252 g/mol. The molecule has 0 saturated heterocycles. The highest BCUT2D eigenvalue weighted by molar-refractivity contribution is 5.96. The highest BCUT2D eigenvalue weighted by Crippen LogP contribution is 2.51. The van der Waals surface area contributed by atoms with Gasteiger partial charge >= 0.3 is 5.54 Å². The van der Waals surface area contributed by atoms with Gasteiger partial charge in [-0.2, -0.15) is 0 Å². The van der Waals surface area contributed by atoms with Crippen molar-refractivity contribution >= 4 is 5.78 Å². The van der Waals surface area contributed by atoms with Crippen LogP contribution in [0.4, 0.5) is 0 Å². The fraction of sp³-hybridized carbons (Fsp3) is 0.562. The predicted molar refractivity (Wildman–Crippen MR) is 74.2 cm³/mol. The zero-order valence-electron chi connectivity index (χ0n) is 12.0. The van der Waals surface area contributed by atoms with Gasteiger partial charge in [0.25, 0.3) is 0 Å². The Morgan fingerprint density at radius 3 is 2.85 bits per heavy atom. The molecule has 2 aliphatic carbocycles. The van der Waals surface area contributed by atoms with E-state index in [1.165, 1.54) is 0 Å². The maximum absolute atomic E-state index is 12.8. The SMILES string of the molecule is [C-]#[N+]C12C[C@@H](C)[C@@H](C)[C@H](Cc3nc(OC)ccc31)C2=O. The molecule has 4 heteroatoms. The van der Waals surface area contributed by atoms with Crippen LogP contribution in [-0.4, -0.2) is 17.9 Å². The highest BCUT2D eigenvalue weighted by atomic mass is 16.5. The molecule has 1 unspecified atom stereocenters. The highest BCUT2D eigenvalue weighted by Gasteiger charge is 2.60.